The zero-order valence-electron chi connectivity index (χ0n) is 9.50. The molecule has 0 saturated carbocycles. The minimum absolute atomic E-state index is 0.0467. The van der Waals surface area contributed by atoms with Gasteiger partial charge < -0.3 is 10.1 Å². The maximum absolute atomic E-state index is 11.9. The third-order valence-corrected chi connectivity index (χ3v) is 3.08. The summed E-state index contributed by atoms with van der Waals surface area (Å²) in [5.74, 6) is 0.584. The predicted octanol–water partition coefficient (Wildman–Crippen LogP) is 1.21. The second-order valence-corrected chi connectivity index (χ2v) is 4.43. The molecule has 17 heavy (non-hydrogen) atoms. The largest absolute Gasteiger partial charge is 0.373 e. The topological polar surface area (TPSA) is 51.2 Å². The maximum atomic E-state index is 11.9. The fourth-order valence-electron chi connectivity index (χ4n) is 2.04. The van der Waals surface area contributed by atoms with Crippen molar-refractivity contribution in [2.24, 2.45) is 5.92 Å². The van der Waals surface area contributed by atoms with Gasteiger partial charge in [0, 0.05) is 31.3 Å². The van der Waals surface area contributed by atoms with Crippen molar-refractivity contribution in [2.75, 3.05) is 18.9 Å². The summed E-state index contributed by atoms with van der Waals surface area (Å²) in [5.41, 5.74) is 0.969. The van der Waals surface area contributed by atoms with Gasteiger partial charge in [-0.2, -0.15) is 12.6 Å². The first-order valence-electron chi connectivity index (χ1n) is 5.73. The summed E-state index contributed by atoms with van der Waals surface area (Å²) < 4.78 is 5.63. The van der Waals surface area contributed by atoms with E-state index >= 15 is 0 Å². The first-order chi connectivity index (χ1) is 8.33. The average Bonchev–Trinajstić information content (AvgIpc) is 2.86. The number of pyridine rings is 1. The number of hydrogen-bond acceptors (Lipinski definition) is 4. The highest BCUT2D eigenvalue weighted by molar-refractivity contribution is 7.80. The minimum Gasteiger partial charge on any atom is -0.373 e. The van der Waals surface area contributed by atoms with Crippen molar-refractivity contribution in [1.82, 2.24) is 10.3 Å². The fraction of sp³-hybridized carbons (Fsp3) is 0.500. The Labute approximate surface area is 106 Å². The van der Waals surface area contributed by atoms with E-state index in [2.05, 4.69) is 22.9 Å². The molecule has 1 aromatic heterocycles. The van der Waals surface area contributed by atoms with E-state index in [4.69, 9.17) is 4.74 Å². The molecule has 1 aliphatic heterocycles. The lowest BCUT2D eigenvalue weighted by Gasteiger charge is -2.17. The Balaban J connectivity index is 2.05. The van der Waals surface area contributed by atoms with Gasteiger partial charge in [0.1, 0.15) is 0 Å². The van der Waals surface area contributed by atoms with Crippen molar-refractivity contribution in [1.29, 1.82) is 0 Å². The van der Waals surface area contributed by atoms with Crippen LogP contribution in [-0.2, 0) is 9.53 Å². The van der Waals surface area contributed by atoms with Crippen molar-refractivity contribution in [3.63, 3.8) is 0 Å². The first-order valence-corrected chi connectivity index (χ1v) is 6.36. The van der Waals surface area contributed by atoms with E-state index in [1.807, 2.05) is 12.1 Å². The van der Waals surface area contributed by atoms with E-state index < -0.39 is 0 Å². The van der Waals surface area contributed by atoms with Crippen LogP contribution in [0.25, 0.3) is 0 Å². The second kappa shape index (κ2) is 6.02. The quantitative estimate of drug-likeness (QED) is 0.792. The zero-order chi connectivity index (χ0) is 12.1. The summed E-state index contributed by atoms with van der Waals surface area (Å²) in [4.78, 5) is 16.0. The van der Waals surface area contributed by atoms with Gasteiger partial charge in [-0.1, -0.05) is 6.07 Å². The van der Waals surface area contributed by atoms with Crippen LogP contribution in [0.3, 0.4) is 0 Å². The normalized spacial score (nSPS) is 23.6. The number of carbonyl (C=O) groups excluding carboxylic acids is 1. The molecule has 92 valence electrons. The van der Waals surface area contributed by atoms with Gasteiger partial charge >= 0.3 is 0 Å². The molecule has 0 spiro atoms. The third kappa shape index (κ3) is 2.98. The standard InChI is InChI=1S/C12H16N2O2S/c15-12(14-5-7-17)10-3-6-16-11(10)9-2-1-4-13-8-9/h1-2,4,8,10-11,17H,3,5-7H2,(H,14,15)/t10-,11+/m0/s1. The van der Waals surface area contributed by atoms with Crippen LogP contribution in [-0.4, -0.2) is 29.8 Å². The number of amides is 1. The van der Waals surface area contributed by atoms with E-state index in [1.54, 1.807) is 12.4 Å². The zero-order valence-corrected chi connectivity index (χ0v) is 10.4. The lowest BCUT2D eigenvalue weighted by molar-refractivity contribution is -0.126. The van der Waals surface area contributed by atoms with E-state index in [0.29, 0.717) is 18.9 Å². The van der Waals surface area contributed by atoms with Crippen molar-refractivity contribution in [3.8, 4) is 0 Å². The van der Waals surface area contributed by atoms with Crippen molar-refractivity contribution >= 4 is 18.5 Å². The number of ether oxygens (including phenoxy) is 1. The molecule has 0 bridgehead atoms. The molecule has 0 radical (unpaired) electrons. The molecule has 1 saturated heterocycles. The van der Waals surface area contributed by atoms with Crippen molar-refractivity contribution in [3.05, 3.63) is 30.1 Å². The summed E-state index contributed by atoms with van der Waals surface area (Å²) >= 11 is 4.07. The molecule has 0 unspecified atom stereocenters. The molecule has 1 aliphatic rings. The summed E-state index contributed by atoms with van der Waals surface area (Å²) in [5, 5.41) is 2.86. The SMILES string of the molecule is O=C(NCCS)[C@H]1CCO[C@@H]1c1cccnc1. The van der Waals surface area contributed by atoms with Crippen LogP contribution in [0.15, 0.2) is 24.5 Å². The molecule has 1 amide bonds. The Morgan fingerprint density at radius 1 is 1.65 bits per heavy atom. The number of thiol groups is 1. The highest BCUT2D eigenvalue weighted by Gasteiger charge is 2.34. The Morgan fingerprint density at radius 2 is 2.53 bits per heavy atom. The van der Waals surface area contributed by atoms with Crippen LogP contribution in [0.1, 0.15) is 18.1 Å². The predicted molar refractivity (Wildman–Crippen MR) is 67.9 cm³/mol. The maximum Gasteiger partial charge on any atom is 0.226 e. The second-order valence-electron chi connectivity index (χ2n) is 3.99. The summed E-state index contributed by atoms with van der Waals surface area (Å²) in [6, 6.07) is 3.81. The molecule has 5 heteroatoms. The number of carbonyl (C=O) groups is 1. The molecular formula is C12H16N2O2S. The highest BCUT2D eigenvalue weighted by Crippen LogP contribution is 2.34. The van der Waals surface area contributed by atoms with E-state index in [-0.39, 0.29) is 17.9 Å². The third-order valence-electron chi connectivity index (χ3n) is 2.85. The number of hydrogen-bond donors (Lipinski definition) is 2. The lowest BCUT2D eigenvalue weighted by Crippen LogP contribution is -2.33. The van der Waals surface area contributed by atoms with E-state index in [0.717, 1.165) is 12.0 Å². The smallest absolute Gasteiger partial charge is 0.226 e. The molecule has 0 aromatic carbocycles. The number of rotatable bonds is 4. The summed E-state index contributed by atoms with van der Waals surface area (Å²) in [6.07, 6.45) is 4.07. The van der Waals surface area contributed by atoms with Crippen LogP contribution in [0.4, 0.5) is 0 Å². The average molecular weight is 252 g/mol. The Hall–Kier alpha value is -1.07. The van der Waals surface area contributed by atoms with Crippen LogP contribution in [0.2, 0.25) is 0 Å². The molecule has 4 nitrogen and oxygen atoms in total. The van der Waals surface area contributed by atoms with Gasteiger partial charge in [-0.15, -0.1) is 0 Å². The van der Waals surface area contributed by atoms with E-state index in [9.17, 15) is 4.79 Å². The molecule has 1 fully saturated rings. The van der Waals surface area contributed by atoms with Gasteiger partial charge in [0.25, 0.3) is 0 Å². The lowest BCUT2D eigenvalue weighted by atomic mass is 9.95. The first kappa shape index (κ1) is 12.4. The Bertz CT molecular complexity index is 372. The van der Waals surface area contributed by atoms with Gasteiger partial charge in [-0.3, -0.25) is 9.78 Å². The highest BCUT2D eigenvalue weighted by atomic mass is 32.1. The molecular weight excluding hydrogens is 236 g/mol. The number of nitrogens with one attached hydrogen (secondary N) is 1. The van der Waals surface area contributed by atoms with E-state index in [1.165, 1.54) is 0 Å². The van der Waals surface area contributed by atoms with Crippen LogP contribution < -0.4 is 5.32 Å². The Kier molecular flexibility index (Phi) is 4.39. The molecule has 0 aliphatic carbocycles. The van der Waals surface area contributed by atoms with Gasteiger partial charge in [0.05, 0.1) is 12.0 Å². The molecule has 2 rings (SSSR count). The fourth-order valence-corrected chi connectivity index (χ4v) is 2.15. The number of aromatic nitrogens is 1. The molecule has 1 aromatic rings. The number of nitrogens with zero attached hydrogens (tertiary/aromatic N) is 1. The van der Waals surface area contributed by atoms with Gasteiger partial charge in [-0.25, -0.2) is 0 Å². The van der Waals surface area contributed by atoms with Crippen LogP contribution in [0.5, 0.6) is 0 Å². The molecule has 2 atom stereocenters. The molecule has 1 N–H and O–H groups in total. The van der Waals surface area contributed by atoms with Gasteiger partial charge in [0.2, 0.25) is 5.91 Å². The summed E-state index contributed by atoms with van der Waals surface area (Å²) in [7, 11) is 0. The van der Waals surface area contributed by atoms with Gasteiger partial charge in [0.15, 0.2) is 0 Å². The van der Waals surface area contributed by atoms with Crippen LogP contribution in [0, 0.1) is 5.92 Å². The summed E-state index contributed by atoms with van der Waals surface area (Å²) in [6.45, 7) is 1.22. The van der Waals surface area contributed by atoms with Crippen molar-refractivity contribution in [2.45, 2.75) is 12.5 Å². The Morgan fingerprint density at radius 3 is 3.24 bits per heavy atom. The van der Waals surface area contributed by atoms with Crippen LogP contribution >= 0.6 is 12.6 Å². The van der Waals surface area contributed by atoms with Gasteiger partial charge in [-0.05, 0) is 18.1 Å². The van der Waals surface area contributed by atoms with Crippen molar-refractivity contribution < 1.29 is 9.53 Å². The minimum atomic E-state index is -0.163. The monoisotopic (exact) mass is 252 g/mol. The molecule has 2 heterocycles.